The molecule has 1 aromatic carbocycles. The van der Waals surface area contributed by atoms with Crippen molar-refractivity contribution >= 4 is 33.9 Å². The number of hydrogen-bond donors (Lipinski definition) is 1. The largest absolute Gasteiger partial charge is 0.461 e. The van der Waals surface area contributed by atoms with Gasteiger partial charge in [-0.3, -0.25) is 4.21 Å². The molecular weight excluding hydrogens is 408 g/mol. The third kappa shape index (κ3) is 5.27. The Morgan fingerprint density at radius 2 is 1.68 bits per heavy atom. The first-order chi connectivity index (χ1) is 11.1. The minimum absolute atomic E-state index is 0.00712. The predicted octanol–water partition coefficient (Wildman–Crippen LogP) is 4.50. The predicted molar refractivity (Wildman–Crippen MR) is 75.8 cm³/mol. The third-order valence-electron chi connectivity index (χ3n) is 2.70. The SMILES string of the molecule is Cc1cc(Cl)c(N=C(N)C(F)(F)C(F)(F)F)cc1S(=O)CC(F)(F)F. The van der Waals surface area contributed by atoms with Gasteiger partial charge in [0.25, 0.3) is 0 Å². The first-order valence-electron chi connectivity index (χ1n) is 6.10. The lowest BCUT2D eigenvalue weighted by molar-refractivity contribution is -0.249. The van der Waals surface area contributed by atoms with Crippen LogP contribution in [0.25, 0.3) is 0 Å². The van der Waals surface area contributed by atoms with E-state index in [-0.39, 0.29) is 5.56 Å². The smallest absolute Gasteiger partial charge is 0.382 e. The van der Waals surface area contributed by atoms with Crippen LogP contribution in [0.4, 0.5) is 40.8 Å². The fourth-order valence-electron chi connectivity index (χ4n) is 1.54. The summed E-state index contributed by atoms with van der Waals surface area (Å²) in [5.41, 5.74) is 3.91. The molecule has 0 spiro atoms. The van der Waals surface area contributed by atoms with E-state index in [0.717, 1.165) is 6.07 Å². The molecule has 0 radical (unpaired) electrons. The second kappa shape index (κ2) is 7.06. The fourth-order valence-corrected chi connectivity index (χ4v) is 2.92. The summed E-state index contributed by atoms with van der Waals surface area (Å²) in [6, 6.07) is 1.56. The van der Waals surface area contributed by atoms with Crippen LogP contribution in [-0.2, 0) is 10.8 Å². The highest BCUT2D eigenvalue weighted by atomic mass is 35.5. The summed E-state index contributed by atoms with van der Waals surface area (Å²) >= 11 is 5.64. The summed E-state index contributed by atoms with van der Waals surface area (Å²) in [5.74, 6) is -9.38. The quantitative estimate of drug-likeness (QED) is 0.446. The molecule has 25 heavy (non-hydrogen) atoms. The van der Waals surface area contributed by atoms with Crippen molar-refractivity contribution in [3.05, 3.63) is 22.7 Å². The second-order valence-corrected chi connectivity index (χ2v) is 6.57. The fraction of sp³-hybridized carbons (Fsp3) is 0.417. The minimum Gasteiger partial charge on any atom is -0.382 e. The number of rotatable bonds is 4. The molecule has 0 aromatic heterocycles. The summed E-state index contributed by atoms with van der Waals surface area (Å²) in [6.07, 6.45) is -10.8. The molecule has 0 aliphatic heterocycles. The molecule has 13 heteroatoms. The molecule has 2 N–H and O–H groups in total. The van der Waals surface area contributed by atoms with E-state index in [1.165, 1.54) is 6.92 Å². The Balaban J connectivity index is 3.37. The van der Waals surface area contributed by atoms with Crippen LogP contribution >= 0.6 is 11.6 Å². The molecule has 142 valence electrons. The molecule has 0 bridgehead atoms. The van der Waals surface area contributed by atoms with E-state index in [9.17, 15) is 39.3 Å². The number of aryl methyl sites for hydroxylation is 1. The highest BCUT2D eigenvalue weighted by Crippen LogP contribution is 2.38. The Morgan fingerprint density at radius 1 is 1.16 bits per heavy atom. The Bertz CT molecular complexity index is 714. The molecule has 0 amide bonds. The van der Waals surface area contributed by atoms with Gasteiger partial charge in [0.1, 0.15) is 5.75 Å². The Morgan fingerprint density at radius 3 is 2.12 bits per heavy atom. The van der Waals surface area contributed by atoms with Crippen molar-refractivity contribution in [2.45, 2.75) is 30.1 Å². The van der Waals surface area contributed by atoms with Crippen molar-refractivity contribution in [1.82, 2.24) is 0 Å². The summed E-state index contributed by atoms with van der Waals surface area (Å²) in [7, 11) is -2.64. The van der Waals surface area contributed by atoms with Crippen LogP contribution in [0.3, 0.4) is 0 Å². The summed E-state index contributed by atoms with van der Waals surface area (Å²) in [4.78, 5) is 2.39. The minimum atomic E-state index is -6.03. The van der Waals surface area contributed by atoms with Gasteiger partial charge in [-0.2, -0.15) is 35.1 Å². The highest BCUT2D eigenvalue weighted by molar-refractivity contribution is 7.85. The molecular formula is C12H9ClF8N2OS. The zero-order valence-electron chi connectivity index (χ0n) is 12.1. The number of nitrogens with zero attached hydrogens (tertiary/aromatic N) is 1. The topological polar surface area (TPSA) is 55.4 Å². The molecule has 0 saturated carbocycles. The van der Waals surface area contributed by atoms with Crippen molar-refractivity contribution in [3.63, 3.8) is 0 Å². The van der Waals surface area contributed by atoms with Gasteiger partial charge in [-0.1, -0.05) is 11.6 Å². The first kappa shape index (κ1) is 21.6. The van der Waals surface area contributed by atoms with Crippen LogP contribution in [0, 0.1) is 6.92 Å². The summed E-state index contributed by atoms with van der Waals surface area (Å²) in [5, 5.41) is -0.453. The maximum Gasteiger partial charge on any atom is 0.461 e. The van der Waals surface area contributed by atoms with Crippen molar-refractivity contribution in [2.24, 2.45) is 10.7 Å². The molecule has 1 rings (SSSR count). The van der Waals surface area contributed by atoms with E-state index in [2.05, 4.69) is 10.7 Å². The van der Waals surface area contributed by atoms with Crippen molar-refractivity contribution in [2.75, 3.05) is 5.75 Å². The maximum atomic E-state index is 13.1. The third-order valence-corrected chi connectivity index (χ3v) is 4.53. The lowest BCUT2D eigenvalue weighted by Crippen LogP contribution is -2.48. The molecule has 0 fully saturated rings. The van der Waals surface area contributed by atoms with Gasteiger partial charge in [-0.05, 0) is 24.6 Å². The van der Waals surface area contributed by atoms with E-state index < -0.39 is 56.3 Å². The number of alkyl halides is 8. The number of amidine groups is 1. The Hall–Kier alpha value is -1.43. The van der Waals surface area contributed by atoms with Gasteiger partial charge in [0.05, 0.1) is 21.5 Å². The highest BCUT2D eigenvalue weighted by Gasteiger charge is 2.60. The molecule has 3 nitrogen and oxygen atoms in total. The average molecular weight is 417 g/mol. The van der Waals surface area contributed by atoms with Gasteiger partial charge in [0, 0.05) is 4.90 Å². The average Bonchev–Trinajstić information content (AvgIpc) is 2.38. The van der Waals surface area contributed by atoms with E-state index in [0.29, 0.717) is 6.07 Å². The first-order valence-corrected chi connectivity index (χ1v) is 7.80. The van der Waals surface area contributed by atoms with Crippen molar-refractivity contribution in [1.29, 1.82) is 0 Å². The summed E-state index contributed by atoms with van der Waals surface area (Å²) in [6.45, 7) is 1.23. The molecule has 1 unspecified atom stereocenters. The zero-order valence-corrected chi connectivity index (χ0v) is 13.7. The standard InChI is InChI=1S/C12H9ClF8N2OS/c1-5-2-6(13)7(3-8(5)25(24)4-10(14,15)16)23-9(22)11(17,18)12(19,20)21/h2-3H,4H2,1H3,(H2,22,23). The normalized spacial score (nSPS) is 15.4. The van der Waals surface area contributed by atoms with Crippen LogP contribution in [-0.4, -0.2) is 34.1 Å². The van der Waals surface area contributed by atoms with Gasteiger partial charge in [0.15, 0.2) is 5.84 Å². The van der Waals surface area contributed by atoms with Crippen LogP contribution < -0.4 is 5.73 Å². The van der Waals surface area contributed by atoms with E-state index in [4.69, 9.17) is 11.6 Å². The van der Waals surface area contributed by atoms with Gasteiger partial charge in [0.2, 0.25) is 0 Å². The molecule has 1 atom stereocenters. The molecule has 0 aliphatic carbocycles. The van der Waals surface area contributed by atoms with Crippen LogP contribution in [0.15, 0.2) is 22.0 Å². The van der Waals surface area contributed by atoms with Gasteiger partial charge < -0.3 is 5.73 Å². The van der Waals surface area contributed by atoms with E-state index in [1.807, 2.05) is 0 Å². The summed E-state index contributed by atoms with van der Waals surface area (Å²) < 4.78 is 111. The molecule has 0 saturated heterocycles. The molecule has 0 heterocycles. The number of hydrogen-bond acceptors (Lipinski definition) is 2. The molecule has 1 aromatic rings. The Labute approximate surface area is 143 Å². The zero-order chi connectivity index (χ0) is 19.8. The van der Waals surface area contributed by atoms with Gasteiger partial charge >= 0.3 is 18.3 Å². The van der Waals surface area contributed by atoms with E-state index in [1.54, 1.807) is 0 Å². The van der Waals surface area contributed by atoms with Crippen LogP contribution in [0.1, 0.15) is 5.56 Å². The van der Waals surface area contributed by atoms with Crippen LogP contribution in [0.5, 0.6) is 0 Å². The van der Waals surface area contributed by atoms with Gasteiger partial charge in [-0.25, -0.2) is 4.99 Å². The number of benzene rings is 1. The van der Waals surface area contributed by atoms with Crippen molar-refractivity contribution in [3.8, 4) is 0 Å². The lowest BCUT2D eigenvalue weighted by Gasteiger charge is -2.19. The Kier molecular flexibility index (Phi) is 6.10. The van der Waals surface area contributed by atoms with Crippen LogP contribution in [0.2, 0.25) is 5.02 Å². The van der Waals surface area contributed by atoms with Crippen molar-refractivity contribution < 1.29 is 39.3 Å². The van der Waals surface area contributed by atoms with E-state index >= 15 is 0 Å². The lowest BCUT2D eigenvalue weighted by atomic mass is 10.2. The number of halogens is 9. The number of aliphatic imine (C=N–C) groups is 1. The monoisotopic (exact) mass is 416 g/mol. The van der Waals surface area contributed by atoms with Gasteiger partial charge in [-0.15, -0.1) is 0 Å². The number of nitrogens with two attached hydrogens (primary N) is 1. The molecule has 0 aliphatic rings. The maximum absolute atomic E-state index is 13.1. The second-order valence-electron chi connectivity index (χ2n) is 4.74.